The van der Waals surface area contributed by atoms with Crippen LogP contribution in [0.5, 0.6) is 0 Å². The molecule has 2 rings (SSSR count). The Morgan fingerprint density at radius 2 is 1.69 bits per heavy atom. The fourth-order valence-corrected chi connectivity index (χ4v) is 3.20. The van der Waals surface area contributed by atoms with E-state index < -0.39 is 15.9 Å². The van der Waals surface area contributed by atoms with E-state index in [4.69, 9.17) is 0 Å². The van der Waals surface area contributed by atoms with E-state index in [-0.39, 0.29) is 24.9 Å². The van der Waals surface area contributed by atoms with Crippen molar-refractivity contribution in [3.8, 4) is 0 Å². The molecule has 0 spiro atoms. The van der Waals surface area contributed by atoms with Crippen LogP contribution in [0.2, 0.25) is 0 Å². The summed E-state index contributed by atoms with van der Waals surface area (Å²) in [5.74, 6) is -0.770. The molecule has 140 valence electrons. The number of amides is 1. The van der Waals surface area contributed by atoms with Gasteiger partial charge >= 0.3 is 0 Å². The van der Waals surface area contributed by atoms with Gasteiger partial charge in [-0.1, -0.05) is 42.0 Å². The maximum atomic E-state index is 13.0. The lowest BCUT2D eigenvalue weighted by Gasteiger charge is -2.21. The highest BCUT2D eigenvalue weighted by atomic mass is 32.2. The first-order chi connectivity index (χ1) is 12.1. The summed E-state index contributed by atoms with van der Waals surface area (Å²) in [5, 5.41) is 2.75. The van der Waals surface area contributed by atoms with E-state index in [1.54, 1.807) is 19.1 Å². The van der Waals surface area contributed by atoms with E-state index in [0.717, 1.165) is 27.3 Å². The monoisotopic (exact) mass is 378 g/mol. The highest BCUT2D eigenvalue weighted by Crippen LogP contribution is 2.14. The van der Waals surface area contributed by atoms with E-state index >= 15 is 0 Å². The van der Waals surface area contributed by atoms with E-state index in [2.05, 4.69) is 5.32 Å². The number of halogens is 1. The summed E-state index contributed by atoms with van der Waals surface area (Å²) in [6.07, 6.45) is 1.08. The van der Waals surface area contributed by atoms with E-state index in [0.29, 0.717) is 0 Å². The number of benzene rings is 2. The van der Waals surface area contributed by atoms with Gasteiger partial charge in [0, 0.05) is 6.54 Å². The number of nitrogens with one attached hydrogen (secondary N) is 1. The molecule has 0 aromatic heterocycles. The van der Waals surface area contributed by atoms with Gasteiger partial charge in [-0.2, -0.15) is 4.31 Å². The summed E-state index contributed by atoms with van der Waals surface area (Å²) in [5.41, 5.74) is 2.62. The van der Waals surface area contributed by atoms with Gasteiger partial charge in [-0.15, -0.1) is 0 Å². The van der Waals surface area contributed by atoms with Gasteiger partial charge in [0.15, 0.2) is 0 Å². The van der Waals surface area contributed by atoms with Crippen LogP contribution < -0.4 is 5.32 Å². The molecule has 26 heavy (non-hydrogen) atoms. The Labute approximate surface area is 153 Å². The number of aryl methyl sites for hydroxylation is 1. The van der Waals surface area contributed by atoms with E-state index in [1.807, 2.05) is 31.2 Å². The average molecular weight is 378 g/mol. The first kappa shape index (κ1) is 20.1. The Balaban J connectivity index is 2.04. The van der Waals surface area contributed by atoms with Gasteiger partial charge < -0.3 is 5.32 Å². The average Bonchev–Trinajstić information content (AvgIpc) is 2.56. The minimum atomic E-state index is -3.55. The van der Waals surface area contributed by atoms with Crippen molar-refractivity contribution in [2.75, 3.05) is 12.8 Å². The molecule has 0 heterocycles. The molecular weight excluding hydrogens is 355 g/mol. The molecule has 0 aliphatic rings. The van der Waals surface area contributed by atoms with Crippen LogP contribution in [0, 0.1) is 12.7 Å². The number of rotatable bonds is 7. The van der Waals surface area contributed by atoms with Gasteiger partial charge in [0.25, 0.3) is 0 Å². The zero-order chi connectivity index (χ0) is 19.3. The zero-order valence-electron chi connectivity index (χ0n) is 15.1. The Morgan fingerprint density at radius 3 is 2.23 bits per heavy atom. The first-order valence-corrected chi connectivity index (χ1v) is 10.1. The molecule has 2 aromatic carbocycles. The summed E-state index contributed by atoms with van der Waals surface area (Å²) in [7, 11) is -3.55. The topological polar surface area (TPSA) is 66.5 Å². The van der Waals surface area contributed by atoms with Crippen LogP contribution in [-0.2, 0) is 21.4 Å². The second-order valence-corrected chi connectivity index (χ2v) is 8.34. The van der Waals surface area contributed by atoms with Crippen LogP contribution in [0.4, 0.5) is 4.39 Å². The molecule has 1 atom stereocenters. The van der Waals surface area contributed by atoms with Gasteiger partial charge in [-0.05, 0) is 37.1 Å². The molecule has 0 fully saturated rings. The summed E-state index contributed by atoms with van der Waals surface area (Å²) in [6, 6.07) is 12.9. The predicted molar refractivity (Wildman–Crippen MR) is 99.4 cm³/mol. The van der Waals surface area contributed by atoms with E-state index in [9.17, 15) is 17.6 Å². The fraction of sp³-hybridized carbons (Fsp3) is 0.316. The Kier molecular flexibility index (Phi) is 6.50. The third-order valence-electron chi connectivity index (χ3n) is 4.02. The highest BCUT2D eigenvalue weighted by molar-refractivity contribution is 7.88. The third kappa shape index (κ3) is 5.93. The van der Waals surface area contributed by atoms with Gasteiger partial charge in [0.1, 0.15) is 5.82 Å². The lowest BCUT2D eigenvalue weighted by Crippen LogP contribution is -2.40. The Bertz CT molecular complexity index is 849. The lowest BCUT2D eigenvalue weighted by atomic mass is 10.1. The predicted octanol–water partition coefficient (Wildman–Crippen LogP) is 2.77. The molecular formula is C19H23FN2O3S. The number of carbonyl (C=O) groups is 1. The highest BCUT2D eigenvalue weighted by Gasteiger charge is 2.21. The number of nitrogens with zero attached hydrogens (tertiary/aromatic N) is 1. The van der Waals surface area contributed by atoms with Crippen molar-refractivity contribution in [3.05, 3.63) is 71.0 Å². The number of sulfonamides is 1. The molecule has 0 aliphatic carbocycles. The second kappa shape index (κ2) is 8.42. The lowest BCUT2D eigenvalue weighted by molar-refractivity contribution is -0.122. The van der Waals surface area contributed by atoms with Crippen LogP contribution >= 0.6 is 0 Å². The molecule has 2 aromatic rings. The molecule has 0 radical (unpaired) electrons. The maximum Gasteiger partial charge on any atom is 0.235 e. The van der Waals surface area contributed by atoms with Crippen molar-refractivity contribution < 1.29 is 17.6 Å². The quantitative estimate of drug-likeness (QED) is 0.806. The SMILES string of the molecule is Cc1ccc(CN(CC(=O)NC(C)c2ccc(F)cc2)S(C)(=O)=O)cc1. The number of carbonyl (C=O) groups excluding carboxylic acids is 1. The van der Waals surface area contributed by atoms with Crippen molar-refractivity contribution in [1.29, 1.82) is 0 Å². The molecule has 1 unspecified atom stereocenters. The van der Waals surface area contributed by atoms with Gasteiger partial charge in [0.2, 0.25) is 15.9 Å². The third-order valence-corrected chi connectivity index (χ3v) is 5.21. The van der Waals surface area contributed by atoms with Crippen molar-refractivity contribution in [2.24, 2.45) is 0 Å². The number of hydrogen-bond donors (Lipinski definition) is 1. The first-order valence-electron chi connectivity index (χ1n) is 8.20. The largest absolute Gasteiger partial charge is 0.348 e. The molecule has 0 saturated heterocycles. The van der Waals surface area contributed by atoms with Crippen LogP contribution in [0.3, 0.4) is 0 Å². The molecule has 7 heteroatoms. The van der Waals surface area contributed by atoms with Crippen molar-refractivity contribution in [2.45, 2.75) is 26.4 Å². The van der Waals surface area contributed by atoms with Crippen LogP contribution in [0.25, 0.3) is 0 Å². The molecule has 5 nitrogen and oxygen atoms in total. The van der Waals surface area contributed by atoms with Gasteiger partial charge in [-0.25, -0.2) is 12.8 Å². The molecule has 0 aliphatic heterocycles. The Hall–Kier alpha value is -2.25. The summed E-state index contributed by atoms with van der Waals surface area (Å²) in [4.78, 5) is 12.3. The summed E-state index contributed by atoms with van der Waals surface area (Å²) < 4.78 is 38.2. The van der Waals surface area contributed by atoms with Crippen LogP contribution in [0.15, 0.2) is 48.5 Å². The zero-order valence-corrected chi connectivity index (χ0v) is 15.9. The minimum absolute atomic E-state index is 0.122. The van der Waals surface area contributed by atoms with Gasteiger partial charge in [-0.3, -0.25) is 4.79 Å². The molecule has 1 N–H and O–H groups in total. The normalized spacial score (nSPS) is 12.8. The maximum absolute atomic E-state index is 13.0. The van der Waals surface area contributed by atoms with Crippen molar-refractivity contribution >= 4 is 15.9 Å². The smallest absolute Gasteiger partial charge is 0.235 e. The molecule has 0 saturated carbocycles. The molecule has 1 amide bonds. The molecule has 0 bridgehead atoms. The standard InChI is InChI=1S/C19H23FN2O3S/c1-14-4-6-16(7-5-14)12-22(26(3,24)25)13-19(23)21-15(2)17-8-10-18(20)11-9-17/h4-11,15H,12-13H2,1-3H3,(H,21,23). The van der Waals surface area contributed by atoms with Crippen LogP contribution in [-0.4, -0.2) is 31.4 Å². The Morgan fingerprint density at radius 1 is 1.12 bits per heavy atom. The minimum Gasteiger partial charge on any atom is -0.348 e. The number of hydrogen-bond acceptors (Lipinski definition) is 3. The van der Waals surface area contributed by atoms with Crippen LogP contribution in [0.1, 0.15) is 29.7 Å². The van der Waals surface area contributed by atoms with Crippen molar-refractivity contribution in [3.63, 3.8) is 0 Å². The van der Waals surface area contributed by atoms with Gasteiger partial charge in [0.05, 0.1) is 18.8 Å². The van der Waals surface area contributed by atoms with E-state index in [1.165, 1.54) is 12.1 Å². The fourth-order valence-electron chi connectivity index (χ4n) is 2.47. The summed E-state index contributed by atoms with van der Waals surface area (Å²) >= 11 is 0. The summed E-state index contributed by atoms with van der Waals surface area (Å²) in [6.45, 7) is 3.55. The second-order valence-electron chi connectivity index (χ2n) is 6.36. The van der Waals surface area contributed by atoms with Crippen molar-refractivity contribution in [1.82, 2.24) is 9.62 Å².